The molecule has 3 rings (SSSR count). The van der Waals surface area contributed by atoms with Gasteiger partial charge in [-0.05, 0) is 31.9 Å². The number of aromatic amines is 1. The molecule has 4 heteroatoms. The van der Waals surface area contributed by atoms with Crippen molar-refractivity contribution >= 4 is 12.0 Å². The molecule has 0 saturated carbocycles. The number of nitrogens with zero attached hydrogens (tertiary/aromatic N) is 3. The van der Waals surface area contributed by atoms with E-state index in [-0.39, 0.29) is 0 Å². The van der Waals surface area contributed by atoms with Crippen LogP contribution in [0, 0.1) is 32.1 Å². The molecule has 1 aromatic heterocycles. The van der Waals surface area contributed by atoms with Crippen molar-refractivity contribution in [2.45, 2.75) is 27.2 Å². The lowest BCUT2D eigenvalue weighted by atomic mass is 10.0. The van der Waals surface area contributed by atoms with Crippen LogP contribution in [0.5, 0.6) is 0 Å². The predicted octanol–water partition coefficient (Wildman–Crippen LogP) is 4.55. The third-order valence-corrected chi connectivity index (χ3v) is 4.01. The van der Waals surface area contributed by atoms with Crippen LogP contribution in [0.2, 0.25) is 0 Å². The van der Waals surface area contributed by atoms with Crippen molar-refractivity contribution < 1.29 is 0 Å². The van der Waals surface area contributed by atoms with Crippen molar-refractivity contribution in [2.75, 3.05) is 0 Å². The van der Waals surface area contributed by atoms with E-state index in [2.05, 4.69) is 53.3 Å². The number of hydrogen-bond acceptors (Lipinski definition) is 3. The zero-order valence-electron chi connectivity index (χ0n) is 14.7. The van der Waals surface area contributed by atoms with Crippen molar-refractivity contribution in [3.63, 3.8) is 0 Å². The molecule has 1 N–H and O–H groups in total. The van der Waals surface area contributed by atoms with Gasteiger partial charge in [0.15, 0.2) is 5.82 Å². The molecule has 1 heterocycles. The highest BCUT2D eigenvalue weighted by molar-refractivity contribution is 5.82. The fourth-order valence-electron chi connectivity index (χ4n) is 2.87. The first-order chi connectivity index (χ1) is 12.0. The van der Waals surface area contributed by atoms with E-state index in [1.165, 1.54) is 16.7 Å². The summed E-state index contributed by atoms with van der Waals surface area (Å²) in [5.74, 6) is 0.433. The number of nitriles is 1. The molecule has 124 valence electrons. The van der Waals surface area contributed by atoms with Gasteiger partial charge < -0.3 is 0 Å². The van der Waals surface area contributed by atoms with E-state index < -0.39 is 0 Å². The number of hydrogen-bond donors (Lipinski definition) is 1. The lowest BCUT2D eigenvalue weighted by Gasteiger charge is -2.03. The monoisotopic (exact) mass is 328 g/mol. The molecule has 2 aromatic carbocycles. The number of rotatable bonds is 4. The van der Waals surface area contributed by atoms with Gasteiger partial charge in [-0.1, -0.05) is 59.2 Å². The molecule has 4 nitrogen and oxygen atoms in total. The largest absolute Gasteiger partial charge is 0.279 e. The second-order valence-corrected chi connectivity index (χ2v) is 6.35. The van der Waals surface area contributed by atoms with Crippen LogP contribution in [0.3, 0.4) is 0 Å². The van der Waals surface area contributed by atoms with E-state index in [1.807, 2.05) is 31.2 Å². The number of benzene rings is 2. The SMILES string of the molecule is Cc1ccc(C=Nc2n[nH]c(Cc3cc(C)cc(C)c3)c2C#N)cc1. The Kier molecular flexibility index (Phi) is 4.76. The van der Waals surface area contributed by atoms with E-state index in [9.17, 15) is 5.26 Å². The molecule has 0 saturated heterocycles. The van der Waals surface area contributed by atoms with Crippen LogP contribution in [0.25, 0.3) is 0 Å². The van der Waals surface area contributed by atoms with Gasteiger partial charge in [0, 0.05) is 12.6 Å². The second kappa shape index (κ2) is 7.14. The minimum Gasteiger partial charge on any atom is -0.279 e. The summed E-state index contributed by atoms with van der Waals surface area (Å²) in [6.07, 6.45) is 2.37. The van der Waals surface area contributed by atoms with Crippen LogP contribution in [0.15, 0.2) is 47.5 Å². The van der Waals surface area contributed by atoms with Crippen molar-refractivity contribution in [1.29, 1.82) is 5.26 Å². The lowest BCUT2D eigenvalue weighted by Crippen LogP contribution is -1.93. The first-order valence-electron chi connectivity index (χ1n) is 8.20. The maximum Gasteiger partial charge on any atom is 0.191 e. The van der Waals surface area contributed by atoms with Crippen LogP contribution in [0.4, 0.5) is 5.82 Å². The molecule has 0 amide bonds. The van der Waals surface area contributed by atoms with Gasteiger partial charge >= 0.3 is 0 Å². The average Bonchev–Trinajstić information content (AvgIpc) is 2.95. The minimum absolute atomic E-state index is 0.433. The zero-order chi connectivity index (χ0) is 17.8. The van der Waals surface area contributed by atoms with Gasteiger partial charge in [-0.25, -0.2) is 4.99 Å². The molecule has 0 fully saturated rings. The number of aromatic nitrogens is 2. The highest BCUT2D eigenvalue weighted by Crippen LogP contribution is 2.22. The second-order valence-electron chi connectivity index (χ2n) is 6.35. The fraction of sp³-hybridized carbons (Fsp3) is 0.190. The first kappa shape index (κ1) is 16.7. The van der Waals surface area contributed by atoms with Gasteiger partial charge in [-0.2, -0.15) is 10.4 Å². The van der Waals surface area contributed by atoms with E-state index in [0.717, 1.165) is 16.8 Å². The Hall–Kier alpha value is -3.19. The number of aryl methyl sites for hydroxylation is 3. The summed E-state index contributed by atoms with van der Waals surface area (Å²) in [6.45, 7) is 6.19. The Balaban J connectivity index is 1.86. The summed E-state index contributed by atoms with van der Waals surface area (Å²) >= 11 is 0. The summed E-state index contributed by atoms with van der Waals surface area (Å²) in [7, 11) is 0. The maximum atomic E-state index is 9.53. The molecule has 25 heavy (non-hydrogen) atoms. The molecule has 0 unspecified atom stereocenters. The van der Waals surface area contributed by atoms with Gasteiger partial charge in [0.1, 0.15) is 11.6 Å². The van der Waals surface area contributed by atoms with Crippen molar-refractivity contribution in [2.24, 2.45) is 4.99 Å². The molecule has 3 aromatic rings. The summed E-state index contributed by atoms with van der Waals surface area (Å²) in [5, 5.41) is 16.7. The molecule has 0 radical (unpaired) electrons. The minimum atomic E-state index is 0.433. The van der Waals surface area contributed by atoms with Crippen molar-refractivity contribution in [3.05, 3.63) is 81.5 Å². The van der Waals surface area contributed by atoms with Gasteiger partial charge in [-0.3, -0.25) is 5.10 Å². The molecule has 0 aliphatic rings. The van der Waals surface area contributed by atoms with Crippen LogP contribution in [0.1, 0.15) is 39.1 Å². The zero-order valence-corrected chi connectivity index (χ0v) is 14.7. The van der Waals surface area contributed by atoms with E-state index in [1.54, 1.807) is 6.21 Å². The maximum absolute atomic E-state index is 9.53. The summed E-state index contributed by atoms with van der Waals surface area (Å²) in [5.41, 5.74) is 7.06. The summed E-state index contributed by atoms with van der Waals surface area (Å²) < 4.78 is 0. The van der Waals surface area contributed by atoms with Crippen LogP contribution >= 0.6 is 0 Å². The van der Waals surface area contributed by atoms with Crippen LogP contribution in [-0.2, 0) is 6.42 Å². The Morgan fingerprint density at radius 3 is 2.36 bits per heavy atom. The fourth-order valence-corrected chi connectivity index (χ4v) is 2.87. The Morgan fingerprint density at radius 1 is 1.04 bits per heavy atom. The molecule has 0 aliphatic heterocycles. The topological polar surface area (TPSA) is 64.8 Å². The van der Waals surface area contributed by atoms with E-state index in [0.29, 0.717) is 17.8 Å². The third-order valence-electron chi connectivity index (χ3n) is 4.01. The number of H-pyrrole nitrogens is 1. The molecule has 0 bridgehead atoms. The lowest BCUT2D eigenvalue weighted by molar-refractivity contribution is 0.991. The quantitative estimate of drug-likeness (QED) is 0.714. The molecule has 0 spiro atoms. The molecule has 0 aliphatic carbocycles. The van der Waals surface area contributed by atoms with Gasteiger partial charge in [0.2, 0.25) is 0 Å². The van der Waals surface area contributed by atoms with Gasteiger partial charge in [-0.15, -0.1) is 0 Å². The summed E-state index contributed by atoms with van der Waals surface area (Å²) in [4.78, 5) is 4.38. The standard InChI is InChI=1S/C21H20N4/c1-14-4-6-17(7-5-14)13-23-21-19(12-22)20(24-25-21)11-18-9-15(2)8-16(3)10-18/h4-10,13H,11H2,1-3H3,(H,24,25). The van der Waals surface area contributed by atoms with Crippen molar-refractivity contribution in [1.82, 2.24) is 10.2 Å². The Bertz CT molecular complexity index is 936. The first-order valence-corrected chi connectivity index (χ1v) is 8.20. The average molecular weight is 328 g/mol. The predicted molar refractivity (Wildman–Crippen MR) is 100 cm³/mol. The molecular weight excluding hydrogens is 308 g/mol. The van der Waals surface area contributed by atoms with E-state index in [4.69, 9.17) is 0 Å². The van der Waals surface area contributed by atoms with Gasteiger partial charge in [0.05, 0.1) is 5.69 Å². The summed E-state index contributed by atoms with van der Waals surface area (Å²) in [6, 6.07) is 16.7. The number of aliphatic imine (C=N–C) groups is 1. The molecule has 0 atom stereocenters. The highest BCUT2D eigenvalue weighted by atomic mass is 15.2. The smallest absolute Gasteiger partial charge is 0.191 e. The Morgan fingerprint density at radius 2 is 1.72 bits per heavy atom. The van der Waals surface area contributed by atoms with Crippen LogP contribution < -0.4 is 0 Å². The van der Waals surface area contributed by atoms with Gasteiger partial charge in [0.25, 0.3) is 0 Å². The van der Waals surface area contributed by atoms with Crippen LogP contribution in [-0.4, -0.2) is 16.4 Å². The third kappa shape index (κ3) is 4.02. The normalized spacial score (nSPS) is 11.0. The number of nitrogens with one attached hydrogen (secondary N) is 1. The molecular formula is C21H20N4. The Labute approximate surface area is 147 Å². The van der Waals surface area contributed by atoms with E-state index >= 15 is 0 Å². The van der Waals surface area contributed by atoms with Crippen molar-refractivity contribution in [3.8, 4) is 6.07 Å². The highest BCUT2D eigenvalue weighted by Gasteiger charge is 2.12.